The highest BCUT2D eigenvalue weighted by molar-refractivity contribution is 5.95. The third kappa shape index (κ3) is 2.88. The molecular formula is C12H16N2O4. The quantitative estimate of drug-likeness (QED) is 0.494. The van der Waals surface area contributed by atoms with Gasteiger partial charge in [-0.15, -0.1) is 0 Å². The van der Waals surface area contributed by atoms with Crippen molar-refractivity contribution in [2.75, 3.05) is 0 Å². The molecule has 2 aliphatic carbocycles. The Balaban J connectivity index is 1.75. The predicted octanol–water partition coefficient (Wildman–Crippen LogP) is 0.211. The van der Waals surface area contributed by atoms with E-state index in [1.807, 2.05) is 0 Å². The highest BCUT2D eigenvalue weighted by Gasteiger charge is 2.43. The van der Waals surface area contributed by atoms with Crippen LogP contribution in [0.4, 0.5) is 0 Å². The van der Waals surface area contributed by atoms with Gasteiger partial charge in [0.2, 0.25) is 5.91 Å². The maximum atomic E-state index is 11.8. The van der Waals surface area contributed by atoms with Crippen molar-refractivity contribution < 1.29 is 19.5 Å². The molecule has 0 radical (unpaired) electrons. The van der Waals surface area contributed by atoms with Gasteiger partial charge in [0.05, 0.1) is 0 Å². The van der Waals surface area contributed by atoms with Crippen molar-refractivity contribution in [3.63, 3.8) is 0 Å². The van der Waals surface area contributed by atoms with Crippen LogP contribution in [0.2, 0.25) is 0 Å². The van der Waals surface area contributed by atoms with E-state index in [0.717, 1.165) is 31.4 Å². The zero-order chi connectivity index (χ0) is 13.1. The molecule has 0 saturated heterocycles. The number of carbonyl (C=O) groups is 3. The lowest BCUT2D eigenvalue weighted by molar-refractivity contribution is -0.131. The third-order valence-corrected chi connectivity index (χ3v) is 3.76. The number of carboxylic acids is 1. The Bertz CT molecular complexity index is 405. The average Bonchev–Trinajstić information content (AvgIpc) is 2.95. The third-order valence-electron chi connectivity index (χ3n) is 3.76. The molecule has 2 bridgehead atoms. The van der Waals surface area contributed by atoms with Crippen LogP contribution in [-0.4, -0.2) is 22.9 Å². The summed E-state index contributed by atoms with van der Waals surface area (Å²) in [6.45, 7) is 0. The van der Waals surface area contributed by atoms with Crippen LogP contribution < -0.4 is 10.9 Å². The summed E-state index contributed by atoms with van der Waals surface area (Å²) >= 11 is 0. The molecule has 0 spiro atoms. The highest BCUT2D eigenvalue weighted by Crippen LogP contribution is 2.48. The molecule has 0 aromatic carbocycles. The fraction of sp³-hybridized carbons (Fsp3) is 0.583. The second-order valence-corrected chi connectivity index (χ2v) is 4.93. The van der Waals surface area contributed by atoms with Gasteiger partial charge in [0, 0.05) is 18.1 Å². The Hall–Kier alpha value is -1.85. The fourth-order valence-corrected chi connectivity index (χ4v) is 2.97. The summed E-state index contributed by atoms with van der Waals surface area (Å²) in [6, 6.07) is 0. The monoisotopic (exact) mass is 252 g/mol. The molecule has 2 aliphatic rings. The van der Waals surface area contributed by atoms with Crippen LogP contribution in [0.1, 0.15) is 25.7 Å². The number of aliphatic carboxylic acids is 1. The van der Waals surface area contributed by atoms with Crippen molar-refractivity contribution in [3.8, 4) is 0 Å². The van der Waals surface area contributed by atoms with Crippen molar-refractivity contribution in [1.29, 1.82) is 0 Å². The van der Waals surface area contributed by atoms with E-state index in [1.165, 1.54) is 6.42 Å². The summed E-state index contributed by atoms with van der Waals surface area (Å²) in [5.74, 6) is -0.917. The summed E-state index contributed by atoms with van der Waals surface area (Å²) in [6.07, 6.45) is 5.91. The van der Waals surface area contributed by atoms with Crippen LogP contribution in [0.3, 0.4) is 0 Å². The highest BCUT2D eigenvalue weighted by atomic mass is 16.4. The van der Waals surface area contributed by atoms with Crippen LogP contribution in [0.25, 0.3) is 0 Å². The summed E-state index contributed by atoms with van der Waals surface area (Å²) < 4.78 is 0. The van der Waals surface area contributed by atoms with Crippen LogP contribution in [0, 0.1) is 17.8 Å². The van der Waals surface area contributed by atoms with Crippen LogP contribution >= 0.6 is 0 Å². The first-order chi connectivity index (χ1) is 8.56. The maximum absolute atomic E-state index is 11.8. The Morgan fingerprint density at radius 2 is 1.83 bits per heavy atom. The van der Waals surface area contributed by atoms with E-state index in [9.17, 15) is 14.4 Å². The second-order valence-electron chi connectivity index (χ2n) is 4.93. The van der Waals surface area contributed by atoms with E-state index < -0.39 is 11.9 Å². The summed E-state index contributed by atoms with van der Waals surface area (Å²) in [5.41, 5.74) is 4.54. The van der Waals surface area contributed by atoms with E-state index in [0.29, 0.717) is 11.8 Å². The number of hydrogen-bond donors (Lipinski definition) is 3. The Labute approximate surface area is 104 Å². The van der Waals surface area contributed by atoms with Gasteiger partial charge < -0.3 is 5.11 Å². The van der Waals surface area contributed by atoms with E-state index >= 15 is 0 Å². The maximum Gasteiger partial charge on any atom is 0.328 e. The van der Waals surface area contributed by atoms with Crippen molar-refractivity contribution >= 4 is 17.8 Å². The summed E-state index contributed by atoms with van der Waals surface area (Å²) in [7, 11) is 0. The molecule has 2 saturated carbocycles. The fourth-order valence-electron chi connectivity index (χ4n) is 2.97. The van der Waals surface area contributed by atoms with E-state index in [1.54, 1.807) is 0 Å². The van der Waals surface area contributed by atoms with Gasteiger partial charge in [-0.25, -0.2) is 4.79 Å². The Kier molecular flexibility index (Phi) is 3.64. The molecular weight excluding hydrogens is 236 g/mol. The van der Waals surface area contributed by atoms with E-state index in [4.69, 9.17) is 5.11 Å². The standard InChI is InChI=1S/C12H16N2O4/c15-10(3-4-11(16)17)13-14-12(18)9-6-7-1-2-8(9)5-7/h3-4,7-9H,1-2,5-6H2,(H,13,15)(H,14,18)(H,16,17)/b4-3+/t7-,8-,9-/m1/s1. The Morgan fingerprint density at radius 1 is 1.06 bits per heavy atom. The number of fused-ring (bicyclic) bond motifs is 2. The smallest absolute Gasteiger partial charge is 0.328 e. The van der Waals surface area contributed by atoms with Gasteiger partial charge in [0.15, 0.2) is 0 Å². The van der Waals surface area contributed by atoms with Crippen molar-refractivity contribution in [3.05, 3.63) is 12.2 Å². The first-order valence-electron chi connectivity index (χ1n) is 6.07. The van der Waals surface area contributed by atoms with Crippen LogP contribution in [0.15, 0.2) is 12.2 Å². The van der Waals surface area contributed by atoms with E-state index in [-0.39, 0.29) is 11.8 Å². The molecule has 2 amide bonds. The van der Waals surface area contributed by atoms with Gasteiger partial charge in [-0.2, -0.15) is 0 Å². The van der Waals surface area contributed by atoms with Gasteiger partial charge in [-0.05, 0) is 31.1 Å². The molecule has 6 heteroatoms. The summed E-state index contributed by atoms with van der Waals surface area (Å²) in [4.78, 5) is 33.1. The van der Waals surface area contributed by atoms with Crippen molar-refractivity contribution in [1.82, 2.24) is 10.9 Å². The second kappa shape index (κ2) is 5.20. The summed E-state index contributed by atoms with van der Waals surface area (Å²) in [5, 5.41) is 8.33. The molecule has 0 aromatic heterocycles. The number of amides is 2. The minimum Gasteiger partial charge on any atom is -0.478 e. The molecule has 0 heterocycles. The number of rotatable bonds is 3. The van der Waals surface area contributed by atoms with Gasteiger partial charge in [0.25, 0.3) is 5.91 Å². The number of hydrazine groups is 1. The minimum atomic E-state index is -1.20. The topological polar surface area (TPSA) is 95.5 Å². The van der Waals surface area contributed by atoms with Gasteiger partial charge in [-0.3, -0.25) is 20.4 Å². The zero-order valence-corrected chi connectivity index (χ0v) is 9.89. The molecule has 3 atom stereocenters. The van der Waals surface area contributed by atoms with Gasteiger partial charge in [0.1, 0.15) is 0 Å². The lowest BCUT2D eigenvalue weighted by Crippen LogP contribution is -2.45. The Morgan fingerprint density at radius 3 is 2.39 bits per heavy atom. The number of hydrogen-bond acceptors (Lipinski definition) is 3. The largest absolute Gasteiger partial charge is 0.478 e. The van der Waals surface area contributed by atoms with Gasteiger partial charge in [-0.1, -0.05) is 6.42 Å². The predicted molar refractivity (Wildman–Crippen MR) is 62.0 cm³/mol. The number of carbonyl (C=O) groups excluding carboxylic acids is 2. The molecule has 98 valence electrons. The number of carboxylic acid groups (broad SMARTS) is 1. The SMILES string of the molecule is O=C(O)/C=C/C(=O)NNC(=O)[C@@H]1C[C@@H]2CC[C@@H]1C2. The lowest BCUT2D eigenvalue weighted by atomic mass is 9.88. The normalized spacial score (nSPS) is 29.4. The van der Waals surface area contributed by atoms with Crippen molar-refractivity contribution in [2.45, 2.75) is 25.7 Å². The molecule has 2 rings (SSSR count). The minimum absolute atomic E-state index is 0.00694. The van der Waals surface area contributed by atoms with Gasteiger partial charge >= 0.3 is 5.97 Å². The first-order valence-corrected chi connectivity index (χ1v) is 6.07. The van der Waals surface area contributed by atoms with E-state index in [2.05, 4.69) is 10.9 Å². The molecule has 0 aromatic rings. The molecule has 18 heavy (non-hydrogen) atoms. The molecule has 3 N–H and O–H groups in total. The average molecular weight is 252 g/mol. The molecule has 0 unspecified atom stereocenters. The molecule has 0 aliphatic heterocycles. The molecule has 2 fully saturated rings. The van der Waals surface area contributed by atoms with Crippen LogP contribution in [-0.2, 0) is 14.4 Å². The number of nitrogens with one attached hydrogen (secondary N) is 2. The molecule has 6 nitrogen and oxygen atoms in total. The first kappa shape index (κ1) is 12.6. The lowest BCUT2D eigenvalue weighted by Gasteiger charge is -2.20. The zero-order valence-electron chi connectivity index (χ0n) is 9.89. The van der Waals surface area contributed by atoms with Crippen LogP contribution in [0.5, 0.6) is 0 Å². The van der Waals surface area contributed by atoms with Crippen molar-refractivity contribution in [2.24, 2.45) is 17.8 Å².